The summed E-state index contributed by atoms with van der Waals surface area (Å²) in [6.07, 6.45) is 8.19. The molecule has 1 fully saturated rings. The Bertz CT molecular complexity index is 628. The first-order chi connectivity index (χ1) is 10.3. The third-order valence-electron chi connectivity index (χ3n) is 4.81. The molecule has 0 radical (unpaired) electrons. The van der Waals surface area contributed by atoms with Crippen molar-refractivity contribution in [2.75, 3.05) is 12.3 Å². The molecule has 0 aromatic carbocycles. The van der Waals surface area contributed by atoms with Gasteiger partial charge in [-0.3, -0.25) is 4.90 Å². The van der Waals surface area contributed by atoms with E-state index >= 15 is 0 Å². The van der Waals surface area contributed by atoms with E-state index in [2.05, 4.69) is 15.0 Å². The van der Waals surface area contributed by atoms with Crippen molar-refractivity contribution in [1.82, 2.24) is 19.7 Å². The largest absolute Gasteiger partial charge is 0.383 e. The first-order valence-electron chi connectivity index (χ1n) is 7.84. The van der Waals surface area contributed by atoms with Crippen LogP contribution in [0.1, 0.15) is 36.9 Å². The summed E-state index contributed by atoms with van der Waals surface area (Å²) in [4.78, 5) is 6.95. The highest BCUT2D eigenvalue weighted by Crippen LogP contribution is 2.31. The fraction of sp³-hybridized carbons (Fsp3) is 0.500. The summed E-state index contributed by atoms with van der Waals surface area (Å²) in [6, 6.07) is 6.57. The fourth-order valence-electron chi connectivity index (χ4n) is 3.65. The van der Waals surface area contributed by atoms with Crippen molar-refractivity contribution < 1.29 is 0 Å². The van der Waals surface area contributed by atoms with Crippen LogP contribution in [0.15, 0.2) is 24.4 Å². The molecule has 0 amide bonds. The summed E-state index contributed by atoms with van der Waals surface area (Å²) in [5, 5.41) is 4.68. The molecule has 4 rings (SSSR count). The van der Waals surface area contributed by atoms with Gasteiger partial charge in [0.2, 0.25) is 0 Å². The van der Waals surface area contributed by atoms with Gasteiger partial charge in [0, 0.05) is 37.3 Å². The number of fused-ring (bicyclic) bond motifs is 1. The monoisotopic (exact) mass is 283 g/mol. The summed E-state index contributed by atoms with van der Waals surface area (Å²) in [7, 11) is 0. The van der Waals surface area contributed by atoms with E-state index in [0.29, 0.717) is 0 Å². The van der Waals surface area contributed by atoms with E-state index in [4.69, 9.17) is 5.73 Å². The van der Waals surface area contributed by atoms with Crippen LogP contribution in [0.3, 0.4) is 0 Å². The lowest BCUT2D eigenvalue weighted by molar-refractivity contribution is 0.181. The van der Waals surface area contributed by atoms with Gasteiger partial charge >= 0.3 is 0 Å². The van der Waals surface area contributed by atoms with Gasteiger partial charge in [-0.05, 0) is 25.0 Å². The smallest absolute Gasteiger partial charge is 0.155 e. The number of rotatable bonds is 2. The van der Waals surface area contributed by atoms with Gasteiger partial charge < -0.3 is 5.73 Å². The van der Waals surface area contributed by atoms with Crippen molar-refractivity contribution in [3.63, 3.8) is 0 Å². The van der Waals surface area contributed by atoms with Crippen molar-refractivity contribution in [3.05, 3.63) is 35.7 Å². The molecular formula is C16H21N5. The minimum atomic E-state index is 0.746. The van der Waals surface area contributed by atoms with E-state index < -0.39 is 0 Å². The first-order valence-corrected chi connectivity index (χ1v) is 7.84. The Morgan fingerprint density at radius 3 is 2.81 bits per heavy atom. The Hall–Kier alpha value is -1.88. The molecule has 21 heavy (non-hydrogen) atoms. The van der Waals surface area contributed by atoms with E-state index in [1.54, 1.807) is 10.9 Å². The van der Waals surface area contributed by atoms with Gasteiger partial charge in [0.25, 0.3) is 0 Å². The molecule has 2 aromatic rings. The topological polar surface area (TPSA) is 60.0 Å². The average Bonchev–Trinajstić information content (AvgIpc) is 3.17. The summed E-state index contributed by atoms with van der Waals surface area (Å²) in [6.45, 7) is 2.05. The molecule has 2 aliphatic rings. The molecular weight excluding hydrogens is 262 g/mol. The van der Waals surface area contributed by atoms with Crippen molar-refractivity contribution >= 4 is 5.82 Å². The van der Waals surface area contributed by atoms with Crippen molar-refractivity contribution in [2.24, 2.45) is 0 Å². The zero-order chi connectivity index (χ0) is 14.2. The normalized spacial score (nSPS) is 19.8. The lowest BCUT2D eigenvalue weighted by Gasteiger charge is -2.31. The van der Waals surface area contributed by atoms with Gasteiger partial charge in [0.1, 0.15) is 5.82 Å². The number of nitrogens with zero attached hydrogens (tertiary/aromatic N) is 4. The summed E-state index contributed by atoms with van der Waals surface area (Å²) in [5.74, 6) is 1.56. The fourth-order valence-corrected chi connectivity index (χ4v) is 3.65. The molecule has 1 saturated carbocycles. The van der Waals surface area contributed by atoms with E-state index in [1.807, 2.05) is 18.2 Å². The predicted molar refractivity (Wildman–Crippen MR) is 82.1 cm³/mol. The Balaban J connectivity index is 1.65. The second-order valence-electron chi connectivity index (χ2n) is 6.07. The highest BCUT2D eigenvalue weighted by molar-refractivity contribution is 5.49. The lowest BCUT2D eigenvalue weighted by atomic mass is 10.0. The number of hydrogen-bond acceptors (Lipinski definition) is 4. The van der Waals surface area contributed by atoms with Gasteiger partial charge in [-0.15, -0.1) is 0 Å². The molecule has 2 N–H and O–H groups in total. The molecule has 2 aromatic heterocycles. The molecule has 0 saturated heterocycles. The standard InChI is InChI=1S/C16H21N5/c17-16-13-11-20(12-5-1-2-6-12)10-8-14(13)19-21(16)15-7-3-4-9-18-15/h3-4,7,9,12H,1-2,5-6,8,10-11,17H2. The maximum atomic E-state index is 6.35. The Labute approximate surface area is 124 Å². The van der Waals surface area contributed by atoms with Gasteiger partial charge in [-0.25, -0.2) is 4.98 Å². The van der Waals surface area contributed by atoms with E-state index in [0.717, 1.165) is 42.9 Å². The molecule has 0 spiro atoms. The van der Waals surface area contributed by atoms with Crippen LogP contribution in [0.2, 0.25) is 0 Å². The Morgan fingerprint density at radius 1 is 1.19 bits per heavy atom. The van der Waals surface area contributed by atoms with Crippen molar-refractivity contribution in [1.29, 1.82) is 0 Å². The van der Waals surface area contributed by atoms with Crippen LogP contribution < -0.4 is 5.73 Å². The van der Waals surface area contributed by atoms with Crippen LogP contribution in [0.25, 0.3) is 5.82 Å². The van der Waals surface area contributed by atoms with Gasteiger partial charge in [-0.1, -0.05) is 18.9 Å². The Kier molecular flexibility index (Phi) is 3.15. The summed E-state index contributed by atoms with van der Waals surface area (Å²) in [5.41, 5.74) is 8.70. The summed E-state index contributed by atoms with van der Waals surface area (Å²) >= 11 is 0. The quantitative estimate of drug-likeness (QED) is 0.917. The lowest BCUT2D eigenvalue weighted by Crippen LogP contribution is -2.37. The van der Waals surface area contributed by atoms with Crippen LogP contribution in [-0.2, 0) is 13.0 Å². The molecule has 5 heteroatoms. The third-order valence-corrected chi connectivity index (χ3v) is 4.81. The zero-order valence-electron chi connectivity index (χ0n) is 12.2. The van der Waals surface area contributed by atoms with Crippen LogP contribution in [0.5, 0.6) is 0 Å². The number of nitrogens with two attached hydrogens (primary N) is 1. The number of nitrogen functional groups attached to an aromatic ring is 1. The molecule has 3 heterocycles. The van der Waals surface area contributed by atoms with Crippen molar-refractivity contribution in [3.8, 4) is 5.82 Å². The predicted octanol–water partition coefficient (Wildman–Crippen LogP) is 2.15. The van der Waals surface area contributed by atoms with Crippen molar-refractivity contribution in [2.45, 2.75) is 44.7 Å². The minimum absolute atomic E-state index is 0.746. The van der Waals surface area contributed by atoms with Gasteiger partial charge in [-0.2, -0.15) is 9.78 Å². The van der Waals surface area contributed by atoms with Gasteiger partial charge in [0.05, 0.1) is 5.69 Å². The number of aromatic nitrogens is 3. The number of anilines is 1. The van der Waals surface area contributed by atoms with Gasteiger partial charge in [0.15, 0.2) is 5.82 Å². The second-order valence-corrected chi connectivity index (χ2v) is 6.07. The molecule has 1 aliphatic carbocycles. The average molecular weight is 283 g/mol. The highest BCUT2D eigenvalue weighted by atomic mass is 15.4. The molecule has 0 unspecified atom stereocenters. The van der Waals surface area contributed by atoms with Crippen LogP contribution >= 0.6 is 0 Å². The highest BCUT2D eigenvalue weighted by Gasteiger charge is 2.29. The first kappa shape index (κ1) is 12.8. The molecule has 1 aliphatic heterocycles. The second kappa shape index (κ2) is 5.15. The molecule has 0 bridgehead atoms. The zero-order valence-corrected chi connectivity index (χ0v) is 12.2. The van der Waals surface area contributed by atoms with Crippen LogP contribution in [0, 0.1) is 0 Å². The van der Waals surface area contributed by atoms with E-state index in [1.165, 1.54) is 31.2 Å². The number of pyridine rings is 1. The summed E-state index contributed by atoms with van der Waals surface area (Å²) < 4.78 is 1.79. The van der Waals surface area contributed by atoms with E-state index in [9.17, 15) is 0 Å². The molecule has 5 nitrogen and oxygen atoms in total. The molecule has 0 atom stereocenters. The maximum absolute atomic E-state index is 6.35. The molecule has 110 valence electrons. The SMILES string of the molecule is Nc1c2c(nn1-c1ccccn1)CCN(C1CCCC1)C2. The third kappa shape index (κ3) is 2.21. The Morgan fingerprint density at radius 2 is 2.05 bits per heavy atom. The maximum Gasteiger partial charge on any atom is 0.155 e. The number of hydrogen-bond donors (Lipinski definition) is 1. The minimum Gasteiger partial charge on any atom is -0.383 e. The van der Waals surface area contributed by atoms with Crippen LogP contribution in [0.4, 0.5) is 5.82 Å². The van der Waals surface area contributed by atoms with E-state index in [-0.39, 0.29) is 0 Å². The van der Waals surface area contributed by atoms with Crippen LogP contribution in [-0.4, -0.2) is 32.3 Å².